The van der Waals surface area contributed by atoms with E-state index in [1.807, 2.05) is 20.8 Å². The van der Waals surface area contributed by atoms with Gasteiger partial charge in [-0.05, 0) is 57.6 Å². The van der Waals surface area contributed by atoms with Gasteiger partial charge in [0.25, 0.3) is 0 Å². The zero-order valence-corrected chi connectivity index (χ0v) is 26.9. The van der Waals surface area contributed by atoms with E-state index in [2.05, 4.69) is 17.2 Å². The summed E-state index contributed by atoms with van der Waals surface area (Å²) in [5, 5.41) is 15.5. The smallest absolute Gasteiger partial charge is 0.410 e. The number of carbonyl (C=O) groups is 5. The maximum Gasteiger partial charge on any atom is 0.410 e. The number of nitrogens with zero attached hydrogens (tertiary/aromatic N) is 2. The first-order chi connectivity index (χ1) is 21.7. The normalized spacial score (nSPS) is 26.6. The molecule has 46 heavy (non-hydrogen) atoms. The number of rotatable bonds is 9. The SMILES string of the molecule is C=C[C@@H]1C[C@@]1(NC(=O)[C@@H]1C[C@@H](OC(=O)N2Cc3cccc(F)c3C2)CN1C(=O)[C@H](CC(=O)NC(C)(C)C)C1CCCCC1)C(=O)O. The van der Waals surface area contributed by atoms with E-state index in [1.165, 1.54) is 21.9 Å². The zero-order valence-electron chi connectivity index (χ0n) is 26.9. The van der Waals surface area contributed by atoms with E-state index >= 15 is 0 Å². The first-order valence-corrected chi connectivity index (χ1v) is 16.2. The summed E-state index contributed by atoms with van der Waals surface area (Å²) in [6, 6.07) is 3.55. The first-order valence-electron chi connectivity index (χ1n) is 16.2. The highest BCUT2D eigenvalue weighted by Crippen LogP contribution is 2.45. The van der Waals surface area contributed by atoms with Crippen LogP contribution in [-0.4, -0.2) is 74.5 Å². The highest BCUT2D eigenvalue weighted by molar-refractivity contribution is 5.96. The van der Waals surface area contributed by atoms with E-state index in [0.717, 1.165) is 32.1 Å². The Hall–Kier alpha value is -3.96. The van der Waals surface area contributed by atoms with Crippen molar-refractivity contribution in [2.24, 2.45) is 17.8 Å². The predicted octanol–water partition coefficient (Wildman–Crippen LogP) is 3.89. The zero-order chi connectivity index (χ0) is 33.4. The molecule has 5 atom stereocenters. The Balaban J connectivity index is 1.37. The lowest BCUT2D eigenvalue weighted by Gasteiger charge is -2.34. The average molecular weight is 641 g/mol. The first kappa shape index (κ1) is 33.4. The molecule has 3 N–H and O–H groups in total. The van der Waals surface area contributed by atoms with Gasteiger partial charge in [0.15, 0.2) is 0 Å². The van der Waals surface area contributed by atoms with Crippen molar-refractivity contribution in [1.29, 1.82) is 0 Å². The number of ether oxygens (including phenoxy) is 1. The molecule has 0 spiro atoms. The summed E-state index contributed by atoms with van der Waals surface area (Å²) in [6.45, 7) is 9.38. The molecule has 11 nitrogen and oxygen atoms in total. The molecule has 0 radical (unpaired) electrons. The lowest BCUT2D eigenvalue weighted by molar-refractivity contribution is -0.148. The van der Waals surface area contributed by atoms with Crippen LogP contribution in [0.5, 0.6) is 0 Å². The molecule has 4 aliphatic rings. The summed E-state index contributed by atoms with van der Waals surface area (Å²) < 4.78 is 20.1. The number of aliphatic carboxylic acids is 1. The summed E-state index contributed by atoms with van der Waals surface area (Å²) in [5.41, 5.74) is -0.907. The standard InChI is InChI=1S/C34H45FN4O7/c1-5-22-16-34(22,31(43)44)37-29(41)27-14-23(46-32(45)38-17-21-12-9-13-26(35)25(21)19-38)18-39(27)30(42)24(20-10-7-6-8-11-20)15-28(40)36-33(2,3)4/h5,9,12-13,20,22-24,27H,1,6-8,10-11,14-19H2,2-4H3,(H,36,40)(H,37,41)(H,43,44)/t22-,23-,24-,27+,34+/m1/s1. The Bertz CT molecular complexity index is 1400. The van der Waals surface area contributed by atoms with Gasteiger partial charge in [0.1, 0.15) is 23.5 Å². The van der Waals surface area contributed by atoms with Crippen molar-refractivity contribution in [1.82, 2.24) is 20.4 Å². The van der Waals surface area contributed by atoms with Gasteiger partial charge >= 0.3 is 12.1 Å². The maximum atomic E-state index is 14.4. The number of amides is 4. The number of carboxylic acids is 1. The van der Waals surface area contributed by atoms with Gasteiger partial charge in [-0.3, -0.25) is 19.3 Å². The van der Waals surface area contributed by atoms with E-state index in [-0.39, 0.29) is 56.6 Å². The molecule has 0 bridgehead atoms. The van der Waals surface area contributed by atoms with Crippen LogP contribution in [0.15, 0.2) is 30.9 Å². The Labute approximate surface area is 268 Å². The molecule has 250 valence electrons. The quantitative estimate of drug-likeness (QED) is 0.347. The highest BCUT2D eigenvalue weighted by atomic mass is 19.1. The lowest BCUT2D eigenvalue weighted by Crippen LogP contribution is -2.54. The number of carbonyl (C=O) groups excluding carboxylic acids is 4. The lowest BCUT2D eigenvalue weighted by atomic mass is 9.77. The van der Waals surface area contributed by atoms with Crippen LogP contribution in [0.3, 0.4) is 0 Å². The van der Waals surface area contributed by atoms with Crippen LogP contribution in [-0.2, 0) is 37.0 Å². The van der Waals surface area contributed by atoms with Crippen molar-refractivity contribution in [3.63, 3.8) is 0 Å². The van der Waals surface area contributed by atoms with Gasteiger partial charge in [0, 0.05) is 42.3 Å². The molecule has 0 unspecified atom stereocenters. The number of carboxylic acid groups (broad SMARTS) is 1. The second-order valence-electron chi connectivity index (χ2n) is 14.3. The molecule has 3 fully saturated rings. The van der Waals surface area contributed by atoms with Crippen molar-refractivity contribution < 1.29 is 38.2 Å². The number of fused-ring (bicyclic) bond motifs is 1. The van der Waals surface area contributed by atoms with Gasteiger partial charge in [0.05, 0.1) is 13.1 Å². The Morgan fingerprint density at radius 2 is 1.87 bits per heavy atom. The maximum absolute atomic E-state index is 14.4. The fourth-order valence-electron chi connectivity index (χ4n) is 7.29. The highest BCUT2D eigenvalue weighted by Gasteiger charge is 2.61. The van der Waals surface area contributed by atoms with Gasteiger partial charge < -0.3 is 25.4 Å². The van der Waals surface area contributed by atoms with Crippen molar-refractivity contribution >= 4 is 29.8 Å². The second kappa shape index (κ2) is 13.0. The Morgan fingerprint density at radius 3 is 2.48 bits per heavy atom. The Kier molecular flexibility index (Phi) is 9.47. The molecule has 2 aliphatic carbocycles. The molecule has 1 aromatic rings. The van der Waals surface area contributed by atoms with Crippen molar-refractivity contribution in [2.45, 2.75) is 108 Å². The van der Waals surface area contributed by atoms with Crippen LogP contribution in [0, 0.1) is 23.6 Å². The van der Waals surface area contributed by atoms with Crippen molar-refractivity contribution in [3.8, 4) is 0 Å². The molecule has 0 aromatic heterocycles. The number of hydrogen-bond acceptors (Lipinski definition) is 6. The van der Waals surface area contributed by atoms with E-state index in [4.69, 9.17) is 4.74 Å². The van der Waals surface area contributed by atoms with Gasteiger partial charge in [-0.15, -0.1) is 6.58 Å². The second-order valence-corrected chi connectivity index (χ2v) is 14.3. The summed E-state index contributed by atoms with van der Waals surface area (Å²) in [5.74, 6) is -4.12. The van der Waals surface area contributed by atoms with Crippen LogP contribution in [0.4, 0.5) is 9.18 Å². The minimum Gasteiger partial charge on any atom is -0.479 e. The van der Waals surface area contributed by atoms with E-state index in [9.17, 15) is 33.5 Å². The van der Waals surface area contributed by atoms with Crippen LogP contribution in [0.2, 0.25) is 0 Å². The van der Waals surface area contributed by atoms with Crippen molar-refractivity contribution in [3.05, 3.63) is 47.8 Å². The van der Waals surface area contributed by atoms with E-state index in [1.54, 1.807) is 12.1 Å². The summed E-state index contributed by atoms with van der Waals surface area (Å²) in [4.78, 5) is 69.5. The number of nitrogens with one attached hydrogen (secondary N) is 2. The molecular weight excluding hydrogens is 595 g/mol. The van der Waals surface area contributed by atoms with E-state index in [0.29, 0.717) is 11.1 Å². The third kappa shape index (κ3) is 7.05. The van der Waals surface area contributed by atoms with Gasteiger partial charge in [-0.25, -0.2) is 14.0 Å². The third-order valence-corrected chi connectivity index (χ3v) is 9.78. The molecule has 2 saturated carbocycles. The largest absolute Gasteiger partial charge is 0.479 e. The van der Waals surface area contributed by atoms with Crippen molar-refractivity contribution in [2.75, 3.05) is 6.54 Å². The monoisotopic (exact) mass is 640 g/mol. The molecule has 2 heterocycles. The summed E-state index contributed by atoms with van der Waals surface area (Å²) in [7, 11) is 0. The molecule has 1 saturated heterocycles. The summed E-state index contributed by atoms with van der Waals surface area (Å²) >= 11 is 0. The summed E-state index contributed by atoms with van der Waals surface area (Å²) in [6.07, 6.45) is 4.47. The number of halogens is 1. The topological polar surface area (TPSA) is 145 Å². The van der Waals surface area contributed by atoms with Gasteiger partial charge in [0.2, 0.25) is 17.7 Å². The third-order valence-electron chi connectivity index (χ3n) is 9.78. The fourth-order valence-corrected chi connectivity index (χ4v) is 7.29. The predicted molar refractivity (Wildman–Crippen MR) is 165 cm³/mol. The molecule has 2 aliphatic heterocycles. The van der Waals surface area contributed by atoms with Crippen LogP contribution < -0.4 is 10.6 Å². The molecular formula is C34H45FN4O7. The van der Waals surface area contributed by atoms with Gasteiger partial charge in [-0.2, -0.15) is 0 Å². The molecule has 12 heteroatoms. The van der Waals surface area contributed by atoms with Crippen LogP contribution >= 0.6 is 0 Å². The molecule has 1 aromatic carbocycles. The minimum absolute atomic E-state index is 0.0385. The Morgan fingerprint density at radius 1 is 1.15 bits per heavy atom. The number of benzene rings is 1. The average Bonchev–Trinajstić information content (AvgIpc) is 3.31. The van der Waals surface area contributed by atoms with E-state index < -0.39 is 58.8 Å². The number of hydrogen-bond donors (Lipinski definition) is 3. The van der Waals surface area contributed by atoms with Crippen LogP contribution in [0.1, 0.15) is 83.3 Å². The minimum atomic E-state index is -1.51. The number of likely N-dealkylation sites (tertiary alicyclic amines) is 1. The van der Waals surface area contributed by atoms with Crippen LogP contribution in [0.25, 0.3) is 0 Å². The van der Waals surface area contributed by atoms with Gasteiger partial charge in [-0.1, -0.05) is 37.5 Å². The molecule has 4 amide bonds. The fraction of sp³-hybridized carbons (Fsp3) is 0.618. The molecule has 5 rings (SSSR count).